The molecule has 130 valence electrons. The van der Waals surface area contributed by atoms with Gasteiger partial charge in [0.25, 0.3) is 5.56 Å². The lowest BCUT2D eigenvalue weighted by Crippen LogP contribution is -2.37. The molecule has 25 heavy (non-hydrogen) atoms. The zero-order valence-electron chi connectivity index (χ0n) is 13.9. The van der Waals surface area contributed by atoms with Crippen molar-refractivity contribution < 1.29 is 0 Å². The standard InChI is InChI=1S/C16H16ClN5O2S/c1-20-10(8-13(23)21(2)16(20)24)9-25-15-19-18-14(22(15)3)11-6-4-5-7-12(11)17/h4-8H,9H2,1-3H3. The highest BCUT2D eigenvalue weighted by atomic mass is 35.5. The maximum atomic E-state index is 12.0. The van der Waals surface area contributed by atoms with Crippen LogP contribution in [0.1, 0.15) is 5.69 Å². The Morgan fingerprint density at radius 1 is 1.04 bits per heavy atom. The number of thioether (sulfide) groups is 1. The number of benzene rings is 1. The van der Waals surface area contributed by atoms with Gasteiger partial charge in [-0.05, 0) is 12.1 Å². The second kappa shape index (κ2) is 6.89. The molecule has 2 aromatic heterocycles. The van der Waals surface area contributed by atoms with Crippen LogP contribution in [0.2, 0.25) is 5.02 Å². The van der Waals surface area contributed by atoms with Crippen LogP contribution in [-0.2, 0) is 26.9 Å². The van der Waals surface area contributed by atoms with E-state index in [0.717, 1.165) is 10.1 Å². The number of aromatic nitrogens is 5. The van der Waals surface area contributed by atoms with Crippen molar-refractivity contribution in [1.82, 2.24) is 23.9 Å². The number of nitrogens with zero attached hydrogens (tertiary/aromatic N) is 5. The van der Waals surface area contributed by atoms with Gasteiger partial charge in [0, 0.05) is 44.2 Å². The minimum absolute atomic E-state index is 0.326. The quantitative estimate of drug-likeness (QED) is 0.648. The smallest absolute Gasteiger partial charge is 0.305 e. The SMILES string of the molecule is Cn1c(SCc2cc(=O)n(C)c(=O)n2C)nnc1-c1ccccc1Cl. The first kappa shape index (κ1) is 17.5. The van der Waals surface area contributed by atoms with Crippen LogP contribution < -0.4 is 11.2 Å². The van der Waals surface area contributed by atoms with E-state index < -0.39 is 0 Å². The summed E-state index contributed by atoms with van der Waals surface area (Å²) >= 11 is 7.62. The molecule has 3 aromatic rings. The van der Waals surface area contributed by atoms with Gasteiger partial charge in [-0.15, -0.1) is 10.2 Å². The molecule has 1 aromatic carbocycles. The second-order valence-corrected chi connectivity index (χ2v) is 6.86. The van der Waals surface area contributed by atoms with E-state index in [1.165, 1.54) is 29.4 Å². The van der Waals surface area contributed by atoms with Gasteiger partial charge in [0.15, 0.2) is 11.0 Å². The van der Waals surface area contributed by atoms with Gasteiger partial charge in [0.05, 0.1) is 5.02 Å². The Morgan fingerprint density at radius 2 is 1.76 bits per heavy atom. The summed E-state index contributed by atoms with van der Waals surface area (Å²) in [5, 5.41) is 9.66. The molecule has 0 saturated carbocycles. The molecule has 0 spiro atoms. The van der Waals surface area contributed by atoms with Crippen molar-refractivity contribution in [3.63, 3.8) is 0 Å². The highest BCUT2D eigenvalue weighted by Crippen LogP contribution is 2.29. The molecule has 9 heteroatoms. The van der Waals surface area contributed by atoms with Crippen LogP contribution in [-0.4, -0.2) is 23.9 Å². The lowest BCUT2D eigenvalue weighted by atomic mass is 10.2. The zero-order chi connectivity index (χ0) is 18.1. The molecule has 0 unspecified atom stereocenters. The Balaban J connectivity index is 1.88. The first-order valence-electron chi connectivity index (χ1n) is 7.43. The van der Waals surface area contributed by atoms with Gasteiger partial charge in [-0.1, -0.05) is 35.5 Å². The Hall–Kier alpha value is -2.32. The van der Waals surface area contributed by atoms with Crippen molar-refractivity contribution in [3.05, 3.63) is 61.9 Å². The molecular formula is C16H16ClN5O2S. The van der Waals surface area contributed by atoms with Gasteiger partial charge < -0.3 is 4.57 Å². The summed E-state index contributed by atoms with van der Waals surface area (Å²) in [7, 11) is 4.95. The molecule has 2 heterocycles. The minimum atomic E-state index is -0.349. The lowest BCUT2D eigenvalue weighted by Gasteiger charge is -2.09. The van der Waals surface area contributed by atoms with Crippen molar-refractivity contribution >= 4 is 23.4 Å². The monoisotopic (exact) mass is 377 g/mol. The Labute approximate surface area is 152 Å². The lowest BCUT2D eigenvalue weighted by molar-refractivity contribution is 0.664. The van der Waals surface area contributed by atoms with Gasteiger partial charge in [0.1, 0.15) is 0 Å². The highest BCUT2D eigenvalue weighted by molar-refractivity contribution is 7.98. The van der Waals surface area contributed by atoms with Crippen molar-refractivity contribution in [2.45, 2.75) is 10.9 Å². The molecule has 0 atom stereocenters. The van der Waals surface area contributed by atoms with E-state index in [4.69, 9.17) is 11.6 Å². The predicted octanol–water partition coefficient (Wildman–Crippen LogP) is 1.83. The largest absolute Gasteiger partial charge is 0.330 e. The Kier molecular flexibility index (Phi) is 4.82. The summed E-state index contributed by atoms with van der Waals surface area (Å²) < 4.78 is 4.37. The third-order valence-corrected chi connectivity index (χ3v) is 5.31. The minimum Gasteiger partial charge on any atom is -0.305 e. The van der Waals surface area contributed by atoms with Gasteiger partial charge in [-0.25, -0.2) is 4.79 Å². The molecule has 0 aliphatic carbocycles. The number of hydrogen-bond donors (Lipinski definition) is 0. The third-order valence-electron chi connectivity index (χ3n) is 3.92. The molecular weight excluding hydrogens is 362 g/mol. The first-order chi connectivity index (χ1) is 11.9. The summed E-state index contributed by atoms with van der Waals surface area (Å²) in [5.74, 6) is 1.09. The van der Waals surface area contributed by atoms with Crippen LogP contribution in [0.15, 0.2) is 45.1 Å². The molecule has 0 N–H and O–H groups in total. The molecule has 7 nitrogen and oxygen atoms in total. The topological polar surface area (TPSA) is 74.7 Å². The fraction of sp³-hybridized carbons (Fsp3) is 0.250. The van der Waals surface area contributed by atoms with Crippen molar-refractivity contribution in [2.24, 2.45) is 21.1 Å². The molecule has 0 aliphatic rings. The summed E-state index contributed by atoms with van der Waals surface area (Å²) in [4.78, 5) is 23.8. The maximum Gasteiger partial charge on any atom is 0.330 e. The molecule has 0 aliphatic heterocycles. The van der Waals surface area contributed by atoms with Crippen LogP contribution in [0.3, 0.4) is 0 Å². The second-order valence-electron chi connectivity index (χ2n) is 5.51. The summed E-state index contributed by atoms with van der Waals surface area (Å²) in [6, 6.07) is 8.88. The molecule has 3 rings (SSSR count). The molecule has 0 saturated heterocycles. The van der Waals surface area contributed by atoms with Crippen molar-refractivity contribution in [1.29, 1.82) is 0 Å². The fourth-order valence-corrected chi connectivity index (χ4v) is 3.53. The highest BCUT2D eigenvalue weighted by Gasteiger charge is 2.14. The average Bonchev–Trinajstić information content (AvgIpc) is 2.96. The summed E-state index contributed by atoms with van der Waals surface area (Å²) in [6.45, 7) is 0. The third kappa shape index (κ3) is 3.27. The van der Waals surface area contributed by atoms with Crippen LogP contribution >= 0.6 is 23.4 Å². The summed E-state index contributed by atoms with van der Waals surface area (Å²) in [6.07, 6.45) is 0. The fourth-order valence-electron chi connectivity index (χ4n) is 2.37. The molecule has 0 fully saturated rings. The summed E-state index contributed by atoms with van der Waals surface area (Å²) in [5.41, 5.74) is 0.749. The van der Waals surface area contributed by atoms with E-state index in [9.17, 15) is 9.59 Å². The van der Waals surface area contributed by atoms with Crippen molar-refractivity contribution in [3.8, 4) is 11.4 Å². The average molecular weight is 378 g/mol. The van der Waals surface area contributed by atoms with Crippen molar-refractivity contribution in [2.75, 3.05) is 0 Å². The number of rotatable bonds is 4. The van der Waals surface area contributed by atoms with E-state index in [2.05, 4.69) is 10.2 Å². The van der Waals surface area contributed by atoms with Crippen LogP contribution in [0.5, 0.6) is 0 Å². The van der Waals surface area contributed by atoms with Gasteiger partial charge in [-0.2, -0.15) is 0 Å². The Morgan fingerprint density at radius 3 is 2.48 bits per heavy atom. The van der Waals surface area contributed by atoms with E-state index in [1.807, 2.05) is 29.8 Å². The van der Waals surface area contributed by atoms with E-state index in [1.54, 1.807) is 13.1 Å². The van der Waals surface area contributed by atoms with Gasteiger partial charge >= 0.3 is 5.69 Å². The van der Waals surface area contributed by atoms with Gasteiger partial charge in [-0.3, -0.25) is 13.9 Å². The van der Waals surface area contributed by atoms with E-state index in [-0.39, 0.29) is 11.2 Å². The Bertz CT molecular complexity index is 1050. The molecule has 0 amide bonds. The molecule has 0 radical (unpaired) electrons. The van der Waals surface area contributed by atoms with Crippen LogP contribution in [0.4, 0.5) is 0 Å². The van der Waals surface area contributed by atoms with Gasteiger partial charge in [0.2, 0.25) is 0 Å². The number of halogens is 1. The zero-order valence-corrected chi connectivity index (χ0v) is 15.5. The number of hydrogen-bond acceptors (Lipinski definition) is 5. The predicted molar refractivity (Wildman–Crippen MR) is 97.9 cm³/mol. The van der Waals surface area contributed by atoms with Crippen LogP contribution in [0.25, 0.3) is 11.4 Å². The van der Waals surface area contributed by atoms with Crippen LogP contribution in [0, 0.1) is 0 Å². The first-order valence-corrected chi connectivity index (χ1v) is 8.79. The van der Waals surface area contributed by atoms with E-state index in [0.29, 0.717) is 27.5 Å². The normalized spacial score (nSPS) is 11.0. The van der Waals surface area contributed by atoms with E-state index >= 15 is 0 Å². The molecule has 0 bridgehead atoms. The maximum absolute atomic E-state index is 12.0.